The van der Waals surface area contributed by atoms with E-state index in [-0.39, 0.29) is 40.5 Å². The van der Waals surface area contributed by atoms with Crippen molar-refractivity contribution in [1.82, 2.24) is 4.98 Å². The second-order valence-electron chi connectivity index (χ2n) is 10.6. The number of Topliss-reactive ketones (excluding diaryl/α,β-unsaturated/α-hetero) is 1. The molecule has 1 aliphatic carbocycles. The molecule has 10 nitrogen and oxygen atoms in total. The summed E-state index contributed by atoms with van der Waals surface area (Å²) in [5.74, 6) is -2.28. The number of carbonyl (C=O) groups excluding carboxylic acids is 4. The van der Waals surface area contributed by atoms with Gasteiger partial charge >= 0.3 is 5.97 Å². The third-order valence-corrected chi connectivity index (χ3v) is 7.85. The number of fused-ring (bicyclic) bond motifs is 2. The quantitative estimate of drug-likeness (QED) is 0.0692. The number of amides is 2. The van der Waals surface area contributed by atoms with Crippen LogP contribution in [-0.2, 0) is 14.3 Å². The van der Waals surface area contributed by atoms with Gasteiger partial charge in [0.25, 0.3) is 5.69 Å². The largest absolute Gasteiger partial charge is 0.454 e. The fourth-order valence-corrected chi connectivity index (χ4v) is 5.55. The molecule has 0 unspecified atom stereocenters. The molecule has 0 radical (unpaired) electrons. The lowest BCUT2D eigenvalue weighted by Crippen LogP contribution is -2.30. The first-order chi connectivity index (χ1) is 20.7. The Morgan fingerprint density at radius 1 is 0.930 bits per heavy atom. The molecule has 0 bridgehead atoms. The summed E-state index contributed by atoms with van der Waals surface area (Å²) in [6.45, 7) is 1.33. The number of ketones is 1. The third-order valence-electron chi connectivity index (χ3n) is 7.85. The molecule has 0 saturated carbocycles. The molecule has 2 amide bonds. The standard InChI is InChI=1S/C33H25N3O7/c1-19-6-15-28-26(16-19)27(33(40)43-18-30(37)21-9-13-23(14-10-21)36(41)42)17-29(34-28)20-7-11-22(12-8-20)35-31(38)24-4-2-3-5-25(24)32(35)39/h2-3,6-17,24-25H,4-5,18H2,1H3/t24-,25+. The fraction of sp³-hybridized carbons (Fsp3) is 0.182. The van der Waals surface area contributed by atoms with Crippen molar-refractivity contribution >= 4 is 45.8 Å². The zero-order chi connectivity index (χ0) is 30.2. The maximum atomic E-state index is 13.3. The predicted molar refractivity (Wildman–Crippen MR) is 157 cm³/mol. The predicted octanol–water partition coefficient (Wildman–Crippen LogP) is 5.61. The van der Waals surface area contributed by atoms with Crippen molar-refractivity contribution in [3.05, 3.63) is 112 Å². The van der Waals surface area contributed by atoms with Crippen molar-refractivity contribution in [2.75, 3.05) is 11.5 Å². The molecule has 3 aromatic carbocycles. The van der Waals surface area contributed by atoms with Crippen molar-refractivity contribution in [2.24, 2.45) is 11.8 Å². The Balaban J connectivity index is 1.26. The van der Waals surface area contributed by atoms with E-state index in [1.165, 1.54) is 29.2 Å². The zero-order valence-electron chi connectivity index (χ0n) is 23.1. The third kappa shape index (κ3) is 5.19. The number of hydrogen-bond acceptors (Lipinski definition) is 8. The van der Waals surface area contributed by atoms with Crippen molar-refractivity contribution < 1.29 is 28.8 Å². The van der Waals surface area contributed by atoms with Gasteiger partial charge in [0.1, 0.15) is 0 Å². The molecule has 43 heavy (non-hydrogen) atoms. The normalized spacial score (nSPS) is 17.7. The van der Waals surface area contributed by atoms with Crippen LogP contribution >= 0.6 is 0 Å². The van der Waals surface area contributed by atoms with Crippen molar-refractivity contribution in [3.63, 3.8) is 0 Å². The van der Waals surface area contributed by atoms with Crippen molar-refractivity contribution in [2.45, 2.75) is 19.8 Å². The number of non-ortho nitro benzene ring substituents is 1. The Morgan fingerprint density at radius 3 is 2.21 bits per heavy atom. The molecular weight excluding hydrogens is 550 g/mol. The fourth-order valence-electron chi connectivity index (χ4n) is 5.55. The highest BCUT2D eigenvalue weighted by Gasteiger charge is 2.47. The Morgan fingerprint density at radius 2 is 1.58 bits per heavy atom. The van der Waals surface area contributed by atoms with E-state index >= 15 is 0 Å². The van der Waals surface area contributed by atoms with E-state index in [1.807, 2.05) is 31.2 Å². The lowest BCUT2D eigenvalue weighted by Gasteiger charge is -2.15. The van der Waals surface area contributed by atoms with Gasteiger partial charge in [0.05, 0.1) is 39.2 Å². The molecule has 0 spiro atoms. The summed E-state index contributed by atoms with van der Waals surface area (Å²) in [6, 6.07) is 19.0. The second-order valence-corrected chi connectivity index (χ2v) is 10.6. The van der Waals surface area contributed by atoms with Crippen LogP contribution in [0.4, 0.5) is 11.4 Å². The van der Waals surface area contributed by atoms with E-state index in [1.54, 1.807) is 36.4 Å². The van der Waals surface area contributed by atoms with E-state index in [9.17, 15) is 29.3 Å². The van der Waals surface area contributed by atoms with Crippen molar-refractivity contribution in [1.29, 1.82) is 0 Å². The molecule has 1 aliphatic heterocycles. The van der Waals surface area contributed by atoms with Crippen LogP contribution in [0.5, 0.6) is 0 Å². The Bertz CT molecular complexity index is 1820. The highest BCUT2D eigenvalue weighted by molar-refractivity contribution is 6.22. The molecule has 2 heterocycles. The number of rotatable bonds is 7. The van der Waals surface area contributed by atoms with E-state index in [4.69, 9.17) is 9.72 Å². The molecule has 10 heteroatoms. The highest BCUT2D eigenvalue weighted by atomic mass is 16.6. The number of anilines is 1. The number of nitro groups is 1. The SMILES string of the molecule is Cc1ccc2nc(-c3ccc(N4C(=O)[C@H]5CC=CC[C@H]5C4=O)cc3)cc(C(=O)OCC(=O)c3ccc([N+](=O)[O-])cc3)c2c1. The Hall–Kier alpha value is -5.51. The number of benzene rings is 3. The number of allylic oxidation sites excluding steroid dienone is 2. The molecule has 214 valence electrons. The van der Waals surface area contributed by atoms with Gasteiger partial charge in [-0.25, -0.2) is 9.78 Å². The Kier molecular flexibility index (Phi) is 7.11. The van der Waals surface area contributed by atoms with Crippen LogP contribution in [0.1, 0.15) is 39.1 Å². The molecule has 1 aromatic heterocycles. The number of carbonyl (C=O) groups is 4. The second kappa shape index (κ2) is 11.1. The maximum Gasteiger partial charge on any atom is 0.339 e. The van der Waals surface area contributed by atoms with Crippen LogP contribution in [-0.4, -0.2) is 40.1 Å². The smallest absolute Gasteiger partial charge is 0.339 e. The first-order valence-corrected chi connectivity index (χ1v) is 13.7. The number of nitro benzene ring substituents is 1. The topological polar surface area (TPSA) is 137 Å². The average molecular weight is 576 g/mol. The summed E-state index contributed by atoms with van der Waals surface area (Å²) >= 11 is 0. The van der Waals surface area contributed by atoms with Gasteiger partial charge in [-0.05, 0) is 62.2 Å². The summed E-state index contributed by atoms with van der Waals surface area (Å²) in [6.07, 6.45) is 5.01. The first kappa shape index (κ1) is 27.6. The number of nitrogens with zero attached hydrogens (tertiary/aromatic N) is 3. The van der Waals surface area contributed by atoms with Gasteiger partial charge in [-0.15, -0.1) is 0 Å². The number of imide groups is 1. The average Bonchev–Trinajstić information content (AvgIpc) is 3.28. The van der Waals surface area contributed by atoms with E-state index < -0.39 is 23.3 Å². The summed E-state index contributed by atoms with van der Waals surface area (Å²) in [5, 5.41) is 11.4. The van der Waals surface area contributed by atoms with Gasteiger partial charge < -0.3 is 4.74 Å². The number of pyridine rings is 1. The lowest BCUT2D eigenvalue weighted by molar-refractivity contribution is -0.384. The van der Waals surface area contributed by atoms with Gasteiger partial charge in [-0.2, -0.15) is 0 Å². The van der Waals surface area contributed by atoms with E-state index in [0.717, 1.165) is 5.56 Å². The van der Waals surface area contributed by atoms with Gasteiger partial charge in [0, 0.05) is 28.6 Å². The lowest BCUT2D eigenvalue weighted by atomic mass is 9.85. The number of aromatic nitrogens is 1. The number of aryl methyl sites for hydroxylation is 1. The molecule has 4 aromatic rings. The Labute approximate surface area is 245 Å². The van der Waals surface area contributed by atoms with Crippen LogP contribution in [0.3, 0.4) is 0 Å². The first-order valence-electron chi connectivity index (χ1n) is 13.7. The highest BCUT2D eigenvalue weighted by Crippen LogP contribution is 2.38. The summed E-state index contributed by atoms with van der Waals surface area (Å²) in [5.41, 5.74) is 3.29. The van der Waals surface area contributed by atoms with Crippen LogP contribution < -0.4 is 4.90 Å². The monoisotopic (exact) mass is 575 g/mol. The minimum Gasteiger partial charge on any atom is -0.454 e. The van der Waals surface area contributed by atoms with Gasteiger partial charge in [0.2, 0.25) is 11.8 Å². The molecule has 2 aliphatic rings. The summed E-state index contributed by atoms with van der Waals surface area (Å²) in [4.78, 5) is 68.2. The zero-order valence-corrected chi connectivity index (χ0v) is 23.1. The molecular formula is C33H25N3O7. The van der Waals surface area contributed by atoms with Gasteiger partial charge in [-0.3, -0.25) is 29.4 Å². The van der Waals surface area contributed by atoms with E-state index in [0.29, 0.717) is 40.7 Å². The number of ether oxygens (including phenoxy) is 1. The van der Waals surface area contributed by atoms with E-state index in [2.05, 4.69) is 0 Å². The minimum atomic E-state index is -0.726. The summed E-state index contributed by atoms with van der Waals surface area (Å²) in [7, 11) is 0. The van der Waals surface area contributed by atoms with Crippen LogP contribution in [0.2, 0.25) is 0 Å². The molecule has 6 rings (SSSR count). The van der Waals surface area contributed by atoms with Gasteiger partial charge in [-0.1, -0.05) is 35.9 Å². The molecule has 0 N–H and O–H groups in total. The van der Waals surface area contributed by atoms with Gasteiger partial charge in [0.15, 0.2) is 12.4 Å². The van der Waals surface area contributed by atoms with Crippen molar-refractivity contribution in [3.8, 4) is 11.3 Å². The molecule has 1 fully saturated rings. The number of hydrogen-bond donors (Lipinski definition) is 0. The molecule has 1 saturated heterocycles. The number of esters is 1. The summed E-state index contributed by atoms with van der Waals surface area (Å²) < 4.78 is 5.38. The van der Waals surface area contributed by atoms with Crippen LogP contribution in [0.25, 0.3) is 22.2 Å². The van der Waals surface area contributed by atoms with Crippen LogP contribution in [0.15, 0.2) is 84.9 Å². The minimum absolute atomic E-state index is 0.151. The maximum absolute atomic E-state index is 13.3. The molecule has 2 atom stereocenters. The van der Waals surface area contributed by atoms with Crippen LogP contribution in [0, 0.1) is 28.9 Å².